The highest BCUT2D eigenvalue weighted by atomic mass is 16.3. The van der Waals surface area contributed by atoms with Crippen molar-refractivity contribution in [3.05, 3.63) is 72.1 Å². The number of nitrogens with zero attached hydrogens (tertiary/aromatic N) is 5. The average Bonchev–Trinajstić information content (AvgIpc) is 3.26. The van der Waals surface area contributed by atoms with E-state index in [1.54, 1.807) is 24.3 Å². The van der Waals surface area contributed by atoms with Gasteiger partial charge >= 0.3 is 0 Å². The number of hydrogen-bond acceptors (Lipinski definition) is 6. The summed E-state index contributed by atoms with van der Waals surface area (Å²) in [7, 11) is 2.10. The number of phenolic OH excluding ortho intramolecular Hbond substituents is 1. The van der Waals surface area contributed by atoms with Gasteiger partial charge in [-0.1, -0.05) is 41.6 Å². The summed E-state index contributed by atoms with van der Waals surface area (Å²) in [5.74, 6) is 0.547. The Morgan fingerprint density at radius 1 is 1.18 bits per heavy atom. The lowest BCUT2D eigenvalue weighted by Gasteiger charge is -2.49. The quantitative estimate of drug-likeness (QED) is 0.538. The summed E-state index contributed by atoms with van der Waals surface area (Å²) in [5, 5.41) is 21.4. The standard InChI is InChI=1S/C26H32N6O2/c1-30(14-19-6-3-2-4-7-19)15-22-16-32(29-28-22)17-23-12-20-10-11-31(23)18-25(20)26(34)27-21-8-5-9-24(33)13-21/h2-9,13,16,20,23,25,33H,10-12,14-15,17-18H2,1H3,(H,27,34). The van der Waals surface area contributed by atoms with Crippen LogP contribution in [0.1, 0.15) is 24.1 Å². The van der Waals surface area contributed by atoms with E-state index in [-0.39, 0.29) is 17.6 Å². The summed E-state index contributed by atoms with van der Waals surface area (Å²) in [4.78, 5) is 17.6. The van der Waals surface area contributed by atoms with Crippen molar-refractivity contribution in [2.45, 2.75) is 38.5 Å². The molecule has 2 N–H and O–H groups in total. The molecule has 34 heavy (non-hydrogen) atoms. The molecular weight excluding hydrogens is 428 g/mol. The van der Waals surface area contributed by atoms with Gasteiger partial charge in [-0.3, -0.25) is 19.3 Å². The smallest absolute Gasteiger partial charge is 0.229 e. The number of anilines is 1. The lowest BCUT2D eigenvalue weighted by Crippen LogP contribution is -2.57. The second kappa shape index (κ2) is 9.95. The second-order valence-electron chi connectivity index (χ2n) is 9.67. The van der Waals surface area contributed by atoms with Crippen LogP contribution in [0.3, 0.4) is 0 Å². The van der Waals surface area contributed by atoms with E-state index in [1.807, 2.05) is 10.7 Å². The van der Waals surface area contributed by atoms with Gasteiger partial charge in [0.15, 0.2) is 0 Å². The highest BCUT2D eigenvalue weighted by Crippen LogP contribution is 2.37. The molecule has 3 aliphatic rings. The third kappa shape index (κ3) is 5.29. The number of aromatic hydroxyl groups is 1. The molecule has 0 radical (unpaired) electrons. The maximum Gasteiger partial charge on any atom is 0.229 e. The van der Waals surface area contributed by atoms with Crippen LogP contribution < -0.4 is 5.32 Å². The Morgan fingerprint density at radius 2 is 2.03 bits per heavy atom. The number of piperidine rings is 3. The lowest BCUT2D eigenvalue weighted by molar-refractivity contribution is -0.127. The minimum atomic E-state index is -0.0229. The van der Waals surface area contributed by atoms with Crippen LogP contribution in [0.25, 0.3) is 0 Å². The molecule has 1 amide bonds. The first kappa shape index (κ1) is 22.6. The van der Waals surface area contributed by atoms with Crippen molar-refractivity contribution in [1.82, 2.24) is 24.8 Å². The van der Waals surface area contributed by atoms with Crippen molar-refractivity contribution < 1.29 is 9.90 Å². The van der Waals surface area contributed by atoms with Gasteiger partial charge in [-0.25, -0.2) is 0 Å². The molecule has 1 aromatic heterocycles. The van der Waals surface area contributed by atoms with Crippen LogP contribution in [0, 0.1) is 11.8 Å². The number of hydrogen-bond donors (Lipinski definition) is 2. The Hall–Kier alpha value is -3.23. The number of rotatable bonds is 8. The van der Waals surface area contributed by atoms with Gasteiger partial charge in [0.2, 0.25) is 5.91 Å². The van der Waals surface area contributed by atoms with E-state index in [0.717, 1.165) is 51.3 Å². The van der Waals surface area contributed by atoms with Gasteiger partial charge in [-0.05, 0) is 50.0 Å². The van der Waals surface area contributed by atoms with Crippen molar-refractivity contribution in [1.29, 1.82) is 0 Å². The summed E-state index contributed by atoms with van der Waals surface area (Å²) in [6, 6.07) is 17.5. The van der Waals surface area contributed by atoms with Crippen molar-refractivity contribution in [2.75, 3.05) is 25.5 Å². The number of nitrogens with one attached hydrogen (secondary N) is 1. The normalized spacial score (nSPS) is 23.8. The molecule has 3 fully saturated rings. The van der Waals surface area contributed by atoms with Crippen molar-refractivity contribution >= 4 is 11.6 Å². The minimum Gasteiger partial charge on any atom is -0.508 e. The molecule has 0 spiro atoms. The molecule has 178 valence electrons. The molecule has 3 aromatic rings. The Balaban J connectivity index is 1.14. The first-order chi connectivity index (χ1) is 16.5. The molecule has 4 heterocycles. The van der Waals surface area contributed by atoms with E-state index in [9.17, 15) is 9.90 Å². The van der Waals surface area contributed by atoms with Crippen LogP contribution in [0.4, 0.5) is 5.69 Å². The van der Waals surface area contributed by atoms with Gasteiger partial charge in [-0.15, -0.1) is 5.10 Å². The number of benzene rings is 2. The fraction of sp³-hybridized carbons (Fsp3) is 0.423. The largest absolute Gasteiger partial charge is 0.508 e. The fourth-order valence-electron chi connectivity index (χ4n) is 5.39. The maximum atomic E-state index is 12.9. The summed E-state index contributed by atoms with van der Waals surface area (Å²) in [5.41, 5.74) is 2.90. The van der Waals surface area contributed by atoms with Crippen LogP contribution in [0.5, 0.6) is 5.75 Å². The van der Waals surface area contributed by atoms with Crippen LogP contribution >= 0.6 is 0 Å². The molecule has 6 rings (SSSR count). The number of aromatic nitrogens is 3. The Bertz CT molecular complexity index is 1120. The third-order valence-corrected chi connectivity index (χ3v) is 7.04. The minimum absolute atomic E-state index is 0.0229. The van der Waals surface area contributed by atoms with E-state index in [0.29, 0.717) is 17.6 Å². The van der Waals surface area contributed by atoms with Crippen molar-refractivity contribution in [3.8, 4) is 5.75 Å². The van der Waals surface area contributed by atoms with E-state index >= 15 is 0 Å². The summed E-state index contributed by atoms with van der Waals surface area (Å²) in [6.45, 7) is 4.21. The molecule has 4 atom stereocenters. The fourth-order valence-corrected chi connectivity index (χ4v) is 5.39. The molecule has 8 nitrogen and oxygen atoms in total. The van der Waals surface area contributed by atoms with Gasteiger partial charge in [-0.2, -0.15) is 0 Å². The molecular formula is C26H32N6O2. The molecule has 3 aliphatic heterocycles. The Kier molecular flexibility index (Phi) is 6.60. The molecule has 0 saturated carbocycles. The van der Waals surface area contributed by atoms with Gasteiger partial charge in [0, 0.05) is 43.6 Å². The SMILES string of the molecule is CN(Cc1ccccc1)Cc1cn(CC2CC3CCN2CC3C(=O)Nc2cccc(O)c2)nn1. The lowest BCUT2D eigenvalue weighted by atomic mass is 9.75. The van der Waals surface area contributed by atoms with Crippen LogP contribution in [-0.2, 0) is 24.4 Å². The highest BCUT2D eigenvalue weighted by Gasteiger charge is 2.43. The van der Waals surface area contributed by atoms with Gasteiger partial charge in [0.25, 0.3) is 0 Å². The summed E-state index contributed by atoms with van der Waals surface area (Å²) >= 11 is 0. The second-order valence-corrected chi connectivity index (χ2v) is 9.67. The molecule has 2 aromatic carbocycles. The van der Waals surface area contributed by atoms with E-state index in [2.05, 4.69) is 62.9 Å². The molecule has 0 aliphatic carbocycles. The van der Waals surface area contributed by atoms with Gasteiger partial charge in [0.05, 0.1) is 18.2 Å². The topological polar surface area (TPSA) is 86.5 Å². The highest BCUT2D eigenvalue weighted by molar-refractivity contribution is 5.93. The number of carbonyl (C=O) groups is 1. The number of amides is 1. The van der Waals surface area contributed by atoms with Crippen molar-refractivity contribution in [2.24, 2.45) is 11.8 Å². The van der Waals surface area contributed by atoms with E-state index < -0.39 is 0 Å². The molecule has 8 heteroatoms. The zero-order chi connectivity index (χ0) is 23.5. The predicted molar refractivity (Wildman–Crippen MR) is 130 cm³/mol. The van der Waals surface area contributed by atoms with E-state index in [4.69, 9.17) is 0 Å². The third-order valence-electron chi connectivity index (χ3n) is 7.04. The Morgan fingerprint density at radius 3 is 2.79 bits per heavy atom. The maximum absolute atomic E-state index is 12.9. The number of fused-ring (bicyclic) bond motifs is 3. The monoisotopic (exact) mass is 460 g/mol. The first-order valence-electron chi connectivity index (χ1n) is 12.0. The zero-order valence-corrected chi connectivity index (χ0v) is 19.5. The van der Waals surface area contributed by atoms with Crippen LogP contribution in [0.2, 0.25) is 0 Å². The van der Waals surface area contributed by atoms with Crippen LogP contribution in [-0.4, -0.2) is 62.0 Å². The van der Waals surface area contributed by atoms with Crippen molar-refractivity contribution in [3.63, 3.8) is 0 Å². The number of phenols is 1. The Labute approximate surface area is 200 Å². The average molecular weight is 461 g/mol. The molecule has 3 saturated heterocycles. The summed E-state index contributed by atoms with van der Waals surface area (Å²) in [6.07, 6.45) is 4.08. The summed E-state index contributed by atoms with van der Waals surface area (Å²) < 4.78 is 1.96. The predicted octanol–water partition coefficient (Wildman–Crippen LogP) is 2.96. The molecule has 2 bridgehead atoms. The zero-order valence-electron chi connectivity index (χ0n) is 19.5. The van der Waals surface area contributed by atoms with E-state index in [1.165, 1.54) is 5.56 Å². The number of carbonyl (C=O) groups excluding carboxylic acids is 1. The first-order valence-corrected chi connectivity index (χ1v) is 12.0. The van der Waals surface area contributed by atoms with Crippen LogP contribution in [0.15, 0.2) is 60.8 Å². The van der Waals surface area contributed by atoms with Gasteiger partial charge in [0.1, 0.15) is 5.75 Å². The molecule has 4 unspecified atom stereocenters. The van der Waals surface area contributed by atoms with Gasteiger partial charge < -0.3 is 10.4 Å².